The summed E-state index contributed by atoms with van der Waals surface area (Å²) in [6.45, 7) is 2.38. The van der Waals surface area contributed by atoms with E-state index in [9.17, 15) is 24.8 Å². The number of para-hydroxylation sites is 1. The Morgan fingerprint density at radius 3 is 2.41 bits per heavy atom. The zero-order valence-corrected chi connectivity index (χ0v) is 24.6. The molecule has 0 spiro atoms. The van der Waals surface area contributed by atoms with Gasteiger partial charge in [0.25, 0.3) is 0 Å². The van der Waals surface area contributed by atoms with Crippen LogP contribution in [0, 0.1) is 11.7 Å². The van der Waals surface area contributed by atoms with Gasteiger partial charge >= 0.3 is 0 Å². The minimum atomic E-state index is -2.35. The number of halogens is 1. The standard InChI is InChI=1S/C33H42FNO5S/c1-33(38,39)28-20-25(14-15-29(28)34)27-21-32(41-23-37)30(22-31(27)40-19-9-8-18-36)35(26-12-6-3-7-13-26)17-16-24-10-4-2-5-11-24/h3,6-7,12-15,20-22,24,36-39H,2,4-5,8-11,16-19,23H2,1H3. The van der Waals surface area contributed by atoms with Gasteiger partial charge in [0.2, 0.25) is 0 Å². The van der Waals surface area contributed by atoms with Gasteiger partial charge in [0.05, 0.1) is 18.2 Å². The van der Waals surface area contributed by atoms with Crippen LogP contribution >= 0.6 is 11.8 Å². The van der Waals surface area contributed by atoms with Gasteiger partial charge < -0.3 is 30.1 Å². The predicted molar refractivity (Wildman–Crippen MR) is 163 cm³/mol. The number of anilines is 2. The third-order valence-electron chi connectivity index (χ3n) is 7.72. The predicted octanol–water partition coefficient (Wildman–Crippen LogP) is 6.95. The fourth-order valence-electron chi connectivity index (χ4n) is 5.53. The van der Waals surface area contributed by atoms with Crippen LogP contribution in [-0.4, -0.2) is 46.1 Å². The van der Waals surface area contributed by atoms with E-state index in [1.54, 1.807) is 6.07 Å². The van der Waals surface area contributed by atoms with Gasteiger partial charge in [-0.2, -0.15) is 0 Å². The van der Waals surface area contributed by atoms with Crippen LogP contribution in [0.15, 0.2) is 65.6 Å². The van der Waals surface area contributed by atoms with Crippen molar-refractivity contribution in [2.45, 2.75) is 69.0 Å². The van der Waals surface area contributed by atoms with Crippen molar-refractivity contribution in [3.05, 3.63) is 72.0 Å². The highest BCUT2D eigenvalue weighted by molar-refractivity contribution is 7.99. The van der Waals surface area contributed by atoms with E-state index in [0.717, 1.165) is 36.2 Å². The molecule has 0 aliphatic heterocycles. The van der Waals surface area contributed by atoms with Gasteiger partial charge in [-0.3, -0.25) is 0 Å². The maximum absolute atomic E-state index is 14.5. The molecule has 3 aromatic rings. The van der Waals surface area contributed by atoms with Crippen molar-refractivity contribution in [1.29, 1.82) is 0 Å². The molecule has 0 unspecified atom stereocenters. The summed E-state index contributed by atoms with van der Waals surface area (Å²) in [5.41, 5.74) is 2.93. The van der Waals surface area contributed by atoms with E-state index in [2.05, 4.69) is 17.0 Å². The third-order valence-corrected chi connectivity index (χ3v) is 8.49. The normalized spacial score (nSPS) is 14.3. The van der Waals surface area contributed by atoms with E-state index in [-0.39, 0.29) is 18.1 Å². The summed E-state index contributed by atoms with van der Waals surface area (Å²) in [5, 5.41) is 39.6. The molecule has 1 aliphatic carbocycles. The highest BCUT2D eigenvalue weighted by Gasteiger charge is 2.26. The van der Waals surface area contributed by atoms with E-state index in [1.807, 2.05) is 30.3 Å². The zero-order chi connectivity index (χ0) is 29.2. The van der Waals surface area contributed by atoms with Crippen LogP contribution in [0.2, 0.25) is 0 Å². The molecule has 4 rings (SSSR count). The smallest absolute Gasteiger partial charge is 0.189 e. The molecule has 0 bridgehead atoms. The molecule has 0 heterocycles. The molecular formula is C33H42FNO5S. The topological polar surface area (TPSA) is 93.4 Å². The SMILES string of the molecule is CC(O)(O)c1cc(-c2cc(SCO)c(N(CCC3CCCCC3)c3ccccc3)cc2OCCCCO)ccc1F. The fraction of sp³-hybridized carbons (Fsp3) is 0.455. The number of thioether (sulfide) groups is 1. The number of unbranched alkanes of at least 4 members (excludes halogenated alkanes) is 1. The lowest BCUT2D eigenvalue weighted by Crippen LogP contribution is -2.23. The molecule has 0 radical (unpaired) electrons. The zero-order valence-electron chi connectivity index (χ0n) is 23.8. The van der Waals surface area contributed by atoms with E-state index >= 15 is 0 Å². The number of hydrogen-bond donors (Lipinski definition) is 4. The average Bonchev–Trinajstić information content (AvgIpc) is 2.97. The van der Waals surface area contributed by atoms with Crippen LogP contribution in [0.25, 0.3) is 11.1 Å². The molecule has 6 nitrogen and oxygen atoms in total. The summed E-state index contributed by atoms with van der Waals surface area (Å²) in [6.07, 6.45) is 8.69. The second-order valence-electron chi connectivity index (χ2n) is 10.9. The number of benzene rings is 3. The van der Waals surface area contributed by atoms with Crippen LogP contribution in [0.4, 0.5) is 15.8 Å². The first kappa shape index (κ1) is 31.3. The van der Waals surface area contributed by atoms with Crippen LogP contribution in [0.5, 0.6) is 5.75 Å². The molecule has 0 aromatic heterocycles. The van der Waals surface area contributed by atoms with Crippen molar-refractivity contribution in [3.8, 4) is 16.9 Å². The van der Waals surface area contributed by atoms with Crippen LogP contribution in [0.3, 0.4) is 0 Å². The summed E-state index contributed by atoms with van der Waals surface area (Å²) in [7, 11) is 0. The molecule has 1 saturated carbocycles. The Hall–Kier alpha value is -2.62. The Bertz CT molecular complexity index is 1240. The molecule has 222 valence electrons. The number of ether oxygens (including phenoxy) is 1. The lowest BCUT2D eigenvalue weighted by Gasteiger charge is -2.31. The van der Waals surface area contributed by atoms with Crippen molar-refractivity contribution >= 4 is 23.1 Å². The average molecular weight is 584 g/mol. The third kappa shape index (κ3) is 8.46. The molecular weight excluding hydrogens is 541 g/mol. The maximum Gasteiger partial charge on any atom is 0.189 e. The molecule has 4 N–H and O–H groups in total. The maximum atomic E-state index is 14.5. The van der Waals surface area contributed by atoms with Gasteiger partial charge in [0.1, 0.15) is 11.6 Å². The Morgan fingerprint density at radius 2 is 1.73 bits per heavy atom. The molecule has 3 aromatic carbocycles. The van der Waals surface area contributed by atoms with Gasteiger partial charge in [0.15, 0.2) is 5.79 Å². The Kier molecular flexibility index (Phi) is 11.5. The van der Waals surface area contributed by atoms with Crippen LogP contribution in [-0.2, 0) is 5.79 Å². The molecule has 41 heavy (non-hydrogen) atoms. The monoisotopic (exact) mass is 583 g/mol. The van der Waals surface area contributed by atoms with Crippen molar-refractivity contribution in [3.63, 3.8) is 0 Å². The van der Waals surface area contributed by atoms with Gasteiger partial charge in [-0.05, 0) is 68.0 Å². The quantitative estimate of drug-likeness (QED) is 0.0927. The number of aliphatic hydroxyl groups is 4. The van der Waals surface area contributed by atoms with E-state index in [0.29, 0.717) is 42.2 Å². The van der Waals surface area contributed by atoms with Crippen molar-refractivity contribution in [2.75, 3.05) is 30.6 Å². The Morgan fingerprint density at radius 1 is 0.976 bits per heavy atom. The summed E-state index contributed by atoms with van der Waals surface area (Å²) in [6, 6.07) is 18.3. The molecule has 0 atom stereocenters. The number of hydrogen-bond acceptors (Lipinski definition) is 7. The van der Waals surface area contributed by atoms with Crippen LogP contribution < -0.4 is 9.64 Å². The van der Waals surface area contributed by atoms with Crippen molar-refractivity contribution in [2.24, 2.45) is 5.92 Å². The van der Waals surface area contributed by atoms with Gasteiger partial charge in [-0.15, -0.1) is 0 Å². The highest BCUT2D eigenvalue weighted by atomic mass is 32.2. The minimum absolute atomic E-state index is 0.0728. The Labute approximate surface area is 246 Å². The lowest BCUT2D eigenvalue weighted by atomic mass is 9.87. The number of aliphatic hydroxyl groups excluding tert-OH is 2. The second-order valence-corrected chi connectivity index (χ2v) is 11.9. The minimum Gasteiger partial charge on any atom is -0.493 e. The summed E-state index contributed by atoms with van der Waals surface area (Å²) in [4.78, 5) is 3.12. The van der Waals surface area contributed by atoms with Gasteiger partial charge in [0, 0.05) is 40.9 Å². The molecule has 1 aliphatic rings. The summed E-state index contributed by atoms with van der Waals surface area (Å²) < 4.78 is 20.8. The molecule has 0 saturated heterocycles. The highest BCUT2D eigenvalue weighted by Crippen LogP contribution is 2.44. The first-order valence-electron chi connectivity index (χ1n) is 14.5. The first-order chi connectivity index (χ1) is 19.8. The van der Waals surface area contributed by atoms with Gasteiger partial charge in [-0.1, -0.05) is 68.1 Å². The van der Waals surface area contributed by atoms with E-state index < -0.39 is 11.6 Å². The van der Waals surface area contributed by atoms with Crippen molar-refractivity contribution < 1.29 is 29.6 Å². The largest absolute Gasteiger partial charge is 0.493 e. The van der Waals surface area contributed by atoms with E-state index in [4.69, 9.17) is 4.74 Å². The first-order valence-corrected chi connectivity index (χ1v) is 15.5. The summed E-state index contributed by atoms with van der Waals surface area (Å²) in [5.74, 6) is -1.95. The molecule has 8 heteroatoms. The lowest BCUT2D eigenvalue weighted by molar-refractivity contribution is -0.154. The number of rotatable bonds is 14. The van der Waals surface area contributed by atoms with Gasteiger partial charge in [-0.25, -0.2) is 4.39 Å². The molecule has 0 amide bonds. The molecule has 1 fully saturated rings. The van der Waals surface area contributed by atoms with E-state index in [1.165, 1.54) is 56.0 Å². The fourth-order valence-corrected chi connectivity index (χ4v) is 6.18. The second kappa shape index (κ2) is 15.0. The summed E-state index contributed by atoms with van der Waals surface area (Å²) >= 11 is 1.30. The number of nitrogens with zero attached hydrogens (tertiary/aromatic N) is 1. The Balaban J connectivity index is 1.81. The van der Waals surface area contributed by atoms with Crippen LogP contribution in [0.1, 0.15) is 63.9 Å². The van der Waals surface area contributed by atoms with Crippen molar-refractivity contribution in [1.82, 2.24) is 0 Å².